The van der Waals surface area contributed by atoms with Crippen LogP contribution in [0.2, 0.25) is 0 Å². The Kier molecular flexibility index (Phi) is 7.24. The van der Waals surface area contributed by atoms with Gasteiger partial charge in [-0.1, -0.05) is 19.4 Å². The molecule has 0 unspecified atom stereocenters. The van der Waals surface area contributed by atoms with Gasteiger partial charge in [-0.3, -0.25) is 9.63 Å². The molecule has 1 amide bonds. The van der Waals surface area contributed by atoms with E-state index >= 15 is 0 Å². The highest BCUT2D eigenvalue weighted by Crippen LogP contribution is 1.92. The van der Waals surface area contributed by atoms with Gasteiger partial charge >= 0.3 is 0 Å². The highest BCUT2D eigenvalue weighted by Gasteiger charge is 2.01. The molecule has 2 N–H and O–H groups in total. The first-order valence-electron chi connectivity index (χ1n) is 4.42. The summed E-state index contributed by atoms with van der Waals surface area (Å²) in [6.07, 6.45) is 3.38. The molecule has 13 heavy (non-hydrogen) atoms. The number of carbonyl (C=O) groups is 1. The highest BCUT2D eigenvalue weighted by atomic mass is 16.6. The number of amides is 1. The van der Waals surface area contributed by atoms with E-state index in [1.54, 1.807) is 6.92 Å². The summed E-state index contributed by atoms with van der Waals surface area (Å²) >= 11 is 0. The van der Waals surface area contributed by atoms with Gasteiger partial charge in [0.1, 0.15) is 0 Å². The number of hydrogen-bond acceptors (Lipinski definition) is 3. The fourth-order valence-electron chi connectivity index (χ4n) is 0.643. The van der Waals surface area contributed by atoms with Crippen LogP contribution in [0, 0.1) is 0 Å². The highest BCUT2D eigenvalue weighted by molar-refractivity contribution is 5.91. The largest absolute Gasteiger partial charge is 0.392 e. The van der Waals surface area contributed by atoms with E-state index in [0.717, 1.165) is 12.8 Å². The van der Waals surface area contributed by atoms with Crippen LogP contribution in [-0.4, -0.2) is 24.2 Å². The van der Waals surface area contributed by atoms with Crippen molar-refractivity contribution in [2.45, 2.75) is 26.7 Å². The van der Waals surface area contributed by atoms with Crippen molar-refractivity contribution in [2.24, 2.45) is 0 Å². The Morgan fingerprint density at radius 3 is 2.85 bits per heavy atom. The normalized spacial score (nSPS) is 11.5. The van der Waals surface area contributed by atoms with Crippen molar-refractivity contribution in [3.8, 4) is 0 Å². The average molecular weight is 187 g/mol. The molecule has 0 heterocycles. The third-order valence-corrected chi connectivity index (χ3v) is 1.52. The number of carbonyl (C=O) groups excluding carboxylic acids is 1. The van der Waals surface area contributed by atoms with Gasteiger partial charge in [-0.25, -0.2) is 5.48 Å². The van der Waals surface area contributed by atoms with Crippen LogP contribution in [0.5, 0.6) is 0 Å². The summed E-state index contributed by atoms with van der Waals surface area (Å²) in [7, 11) is 0. The van der Waals surface area contributed by atoms with Crippen LogP contribution in [0.15, 0.2) is 11.6 Å². The van der Waals surface area contributed by atoms with E-state index in [1.807, 2.05) is 6.92 Å². The summed E-state index contributed by atoms with van der Waals surface area (Å²) in [5.74, 6) is -0.301. The van der Waals surface area contributed by atoms with E-state index in [-0.39, 0.29) is 12.5 Å². The Morgan fingerprint density at radius 1 is 1.62 bits per heavy atom. The molecule has 0 aliphatic carbocycles. The summed E-state index contributed by atoms with van der Waals surface area (Å²) in [6, 6.07) is 0. The minimum absolute atomic E-state index is 0.131. The number of unbranched alkanes of at least 4 members (excludes halogenated alkanes) is 1. The van der Waals surface area contributed by atoms with Gasteiger partial charge in [0.15, 0.2) is 0 Å². The maximum absolute atomic E-state index is 11.1. The molecule has 0 aliphatic heterocycles. The fraction of sp³-hybridized carbons (Fsp3) is 0.667. The topological polar surface area (TPSA) is 58.6 Å². The van der Waals surface area contributed by atoms with E-state index in [1.165, 1.54) is 6.08 Å². The Labute approximate surface area is 78.5 Å². The number of rotatable bonds is 6. The van der Waals surface area contributed by atoms with E-state index < -0.39 is 0 Å². The number of aliphatic hydroxyl groups excluding tert-OH is 1. The van der Waals surface area contributed by atoms with Crippen LogP contribution in [-0.2, 0) is 9.63 Å². The van der Waals surface area contributed by atoms with Gasteiger partial charge < -0.3 is 5.11 Å². The van der Waals surface area contributed by atoms with Gasteiger partial charge in [-0.05, 0) is 13.3 Å². The lowest BCUT2D eigenvalue weighted by molar-refractivity contribution is -0.129. The van der Waals surface area contributed by atoms with E-state index in [0.29, 0.717) is 12.2 Å². The molecule has 0 aromatic heterocycles. The molecule has 0 aliphatic rings. The third kappa shape index (κ3) is 6.31. The van der Waals surface area contributed by atoms with Crippen LogP contribution in [0.4, 0.5) is 0 Å². The van der Waals surface area contributed by atoms with Crippen LogP contribution in [0.25, 0.3) is 0 Å². The second-order valence-electron chi connectivity index (χ2n) is 2.70. The molecule has 0 saturated carbocycles. The Morgan fingerprint density at radius 2 is 2.31 bits per heavy atom. The summed E-state index contributed by atoms with van der Waals surface area (Å²) in [4.78, 5) is 16.0. The number of hydroxylamine groups is 1. The second kappa shape index (κ2) is 7.76. The number of hydrogen-bond donors (Lipinski definition) is 2. The van der Waals surface area contributed by atoms with Gasteiger partial charge in [0, 0.05) is 5.57 Å². The van der Waals surface area contributed by atoms with Crippen molar-refractivity contribution in [2.75, 3.05) is 13.2 Å². The minimum Gasteiger partial charge on any atom is -0.392 e. The zero-order valence-corrected chi connectivity index (χ0v) is 8.17. The summed E-state index contributed by atoms with van der Waals surface area (Å²) in [6.45, 7) is 4.06. The van der Waals surface area contributed by atoms with E-state index in [9.17, 15) is 4.79 Å². The maximum atomic E-state index is 11.1. The Balaban J connectivity index is 3.56. The molecule has 0 atom stereocenters. The predicted octanol–water partition coefficient (Wildman–Crippen LogP) is 0.773. The van der Waals surface area contributed by atoms with Crippen LogP contribution in [0.3, 0.4) is 0 Å². The molecule has 0 radical (unpaired) electrons. The molecular weight excluding hydrogens is 170 g/mol. The lowest BCUT2D eigenvalue weighted by Gasteiger charge is -2.04. The van der Waals surface area contributed by atoms with Crippen molar-refractivity contribution >= 4 is 5.91 Å². The van der Waals surface area contributed by atoms with Crippen molar-refractivity contribution < 1.29 is 14.7 Å². The third-order valence-electron chi connectivity index (χ3n) is 1.52. The Hall–Kier alpha value is -0.870. The molecule has 0 aromatic carbocycles. The monoisotopic (exact) mass is 187 g/mol. The van der Waals surface area contributed by atoms with Crippen LogP contribution >= 0.6 is 0 Å². The first kappa shape index (κ1) is 12.1. The molecule has 0 spiro atoms. The molecule has 76 valence electrons. The smallest absolute Gasteiger partial charge is 0.270 e. The van der Waals surface area contributed by atoms with Crippen molar-refractivity contribution in [3.05, 3.63) is 11.6 Å². The standard InChI is InChI=1S/C9H17NO3/c1-3-4-7-13-10-9(12)8(2)5-6-11/h5,11H,3-4,6-7H2,1-2H3,(H,10,12). The van der Waals surface area contributed by atoms with Crippen molar-refractivity contribution in [1.29, 1.82) is 0 Å². The molecular formula is C9H17NO3. The van der Waals surface area contributed by atoms with Gasteiger partial charge in [-0.2, -0.15) is 0 Å². The average Bonchev–Trinajstić information content (AvgIpc) is 2.12. The van der Waals surface area contributed by atoms with Gasteiger partial charge in [-0.15, -0.1) is 0 Å². The van der Waals surface area contributed by atoms with Gasteiger partial charge in [0.05, 0.1) is 13.2 Å². The van der Waals surface area contributed by atoms with Crippen LogP contribution in [0.1, 0.15) is 26.7 Å². The van der Waals surface area contributed by atoms with Crippen molar-refractivity contribution in [1.82, 2.24) is 5.48 Å². The zero-order chi connectivity index (χ0) is 10.1. The molecule has 4 heteroatoms. The SMILES string of the molecule is CCCCONC(=O)C(C)=CCO. The molecule has 4 nitrogen and oxygen atoms in total. The summed E-state index contributed by atoms with van der Waals surface area (Å²) in [5, 5.41) is 8.50. The summed E-state index contributed by atoms with van der Waals surface area (Å²) in [5.41, 5.74) is 2.74. The molecule has 0 fully saturated rings. The number of nitrogens with one attached hydrogen (secondary N) is 1. The first-order valence-corrected chi connectivity index (χ1v) is 4.42. The van der Waals surface area contributed by atoms with Crippen LogP contribution < -0.4 is 5.48 Å². The quantitative estimate of drug-likeness (QED) is 0.367. The first-order chi connectivity index (χ1) is 6.22. The van der Waals surface area contributed by atoms with Gasteiger partial charge in [0.2, 0.25) is 0 Å². The fourth-order valence-corrected chi connectivity index (χ4v) is 0.643. The van der Waals surface area contributed by atoms with Crippen molar-refractivity contribution in [3.63, 3.8) is 0 Å². The lowest BCUT2D eigenvalue weighted by Crippen LogP contribution is -2.25. The van der Waals surface area contributed by atoms with Gasteiger partial charge in [0.25, 0.3) is 5.91 Å². The molecule has 0 rings (SSSR count). The summed E-state index contributed by atoms with van der Waals surface area (Å²) < 4.78 is 0. The molecule has 0 aromatic rings. The second-order valence-corrected chi connectivity index (χ2v) is 2.70. The van der Waals surface area contributed by atoms with E-state index in [2.05, 4.69) is 5.48 Å². The molecule has 0 bridgehead atoms. The minimum atomic E-state index is -0.301. The Bertz CT molecular complexity index is 178. The maximum Gasteiger partial charge on any atom is 0.270 e. The lowest BCUT2D eigenvalue weighted by atomic mass is 10.3. The zero-order valence-electron chi connectivity index (χ0n) is 8.17. The predicted molar refractivity (Wildman–Crippen MR) is 49.8 cm³/mol. The molecule has 0 saturated heterocycles. The van der Waals surface area contributed by atoms with E-state index in [4.69, 9.17) is 9.94 Å². The number of aliphatic hydroxyl groups is 1.